The normalized spacial score (nSPS) is 10.9. The Morgan fingerprint density at radius 1 is 1.13 bits per heavy atom. The first-order valence-corrected chi connectivity index (χ1v) is 10.9. The van der Waals surface area contributed by atoms with E-state index in [9.17, 15) is 18.0 Å². The Morgan fingerprint density at radius 2 is 1.80 bits per heavy atom. The van der Waals surface area contributed by atoms with Crippen molar-refractivity contribution in [3.8, 4) is 5.75 Å². The predicted molar refractivity (Wildman–Crippen MR) is 112 cm³/mol. The molecule has 0 aromatic heterocycles. The number of nitrogens with zero attached hydrogens (tertiary/aromatic N) is 1. The molecule has 0 heterocycles. The number of sulfonamides is 1. The summed E-state index contributed by atoms with van der Waals surface area (Å²) < 4.78 is 35.4. The first-order valence-electron chi connectivity index (χ1n) is 9.07. The van der Waals surface area contributed by atoms with Gasteiger partial charge >= 0.3 is 6.09 Å². The fraction of sp³-hybridized carbons (Fsp3) is 0.300. The van der Waals surface area contributed by atoms with Crippen molar-refractivity contribution in [1.29, 1.82) is 0 Å². The van der Waals surface area contributed by atoms with Crippen LogP contribution in [-0.2, 0) is 21.2 Å². The van der Waals surface area contributed by atoms with Gasteiger partial charge in [0.05, 0.1) is 29.2 Å². The number of hydrogen-bond acceptors (Lipinski definition) is 6. The number of amides is 2. The number of carbonyl (C=O) groups excluding carboxylic acids is 2. The van der Waals surface area contributed by atoms with Gasteiger partial charge in [-0.2, -0.15) is 0 Å². The highest BCUT2D eigenvalue weighted by Gasteiger charge is 2.26. The lowest BCUT2D eigenvalue weighted by Gasteiger charge is -2.17. The van der Waals surface area contributed by atoms with Crippen molar-refractivity contribution in [1.82, 2.24) is 9.62 Å². The molecule has 2 amide bonds. The third-order valence-corrected chi connectivity index (χ3v) is 6.26. The van der Waals surface area contributed by atoms with Crippen molar-refractivity contribution in [2.75, 3.05) is 27.3 Å². The van der Waals surface area contributed by atoms with Crippen LogP contribution in [0.5, 0.6) is 5.75 Å². The van der Waals surface area contributed by atoms with Crippen LogP contribution in [0, 0.1) is 0 Å². The number of hydrogen-bond donors (Lipinski definition) is 1. The minimum absolute atomic E-state index is 0.0329. The maximum Gasteiger partial charge on any atom is 0.423 e. The summed E-state index contributed by atoms with van der Waals surface area (Å²) in [7, 11) is -1.42. The highest BCUT2D eigenvalue weighted by atomic mass is 35.5. The number of halogens is 1. The minimum Gasteiger partial charge on any atom is -0.494 e. The van der Waals surface area contributed by atoms with E-state index in [1.165, 1.54) is 19.2 Å². The second kappa shape index (κ2) is 10.3. The van der Waals surface area contributed by atoms with E-state index in [0.717, 1.165) is 12.6 Å². The van der Waals surface area contributed by atoms with Crippen molar-refractivity contribution in [2.45, 2.75) is 18.2 Å². The second-order valence-electron chi connectivity index (χ2n) is 6.14. The molecule has 2 aromatic carbocycles. The number of para-hydroxylation sites is 1. The quantitative estimate of drug-likeness (QED) is 0.657. The first kappa shape index (κ1) is 23.5. The lowest BCUT2D eigenvalue weighted by molar-refractivity contribution is 0.0951. The minimum atomic E-state index is -4.00. The lowest BCUT2D eigenvalue weighted by atomic mass is 10.1. The van der Waals surface area contributed by atoms with Crippen LogP contribution in [0.3, 0.4) is 0 Å². The average molecular weight is 455 g/mol. The molecule has 0 aliphatic carbocycles. The molecule has 0 saturated carbocycles. The van der Waals surface area contributed by atoms with Crippen LogP contribution in [-0.4, -0.2) is 52.0 Å². The van der Waals surface area contributed by atoms with E-state index in [-0.39, 0.29) is 17.4 Å². The predicted octanol–water partition coefficient (Wildman–Crippen LogP) is 3.10. The van der Waals surface area contributed by atoms with E-state index in [2.05, 4.69) is 5.32 Å². The van der Waals surface area contributed by atoms with E-state index in [4.69, 9.17) is 21.1 Å². The summed E-state index contributed by atoms with van der Waals surface area (Å²) >= 11 is 6.03. The Balaban J connectivity index is 1.99. The van der Waals surface area contributed by atoms with Gasteiger partial charge in [-0.05, 0) is 43.2 Å². The zero-order chi connectivity index (χ0) is 22.3. The second-order valence-corrected chi connectivity index (χ2v) is 8.52. The van der Waals surface area contributed by atoms with E-state index >= 15 is 0 Å². The van der Waals surface area contributed by atoms with Gasteiger partial charge in [0.1, 0.15) is 5.75 Å². The monoisotopic (exact) mass is 454 g/mol. The van der Waals surface area contributed by atoms with Crippen LogP contribution < -0.4 is 10.1 Å². The van der Waals surface area contributed by atoms with Crippen LogP contribution in [0.1, 0.15) is 22.8 Å². The van der Waals surface area contributed by atoms with Gasteiger partial charge in [-0.15, -0.1) is 0 Å². The van der Waals surface area contributed by atoms with Gasteiger partial charge in [0, 0.05) is 13.6 Å². The van der Waals surface area contributed by atoms with Gasteiger partial charge in [-0.1, -0.05) is 29.8 Å². The van der Waals surface area contributed by atoms with Crippen molar-refractivity contribution in [3.05, 3.63) is 58.6 Å². The third kappa shape index (κ3) is 5.43. The van der Waals surface area contributed by atoms with E-state index in [0.29, 0.717) is 33.6 Å². The van der Waals surface area contributed by atoms with Crippen LogP contribution in [0.4, 0.5) is 4.79 Å². The summed E-state index contributed by atoms with van der Waals surface area (Å²) in [4.78, 5) is 24.0. The Labute approximate surface area is 180 Å². The SMILES string of the molecule is CCOC(=O)N(C)S(=O)(=O)c1ccc(CCNC(=O)c2cccc(Cl)c2OC)cc1. The maximum atomic E-state index is 12.5. The molecule has 2 rings (SSSR count). The van der Waals surface area contributed by atoms with Crippen molar-refractivity contribution >= 4 is 33.6 Å². The Bertz CT molecular complexity index is 1010. The van der Waals surface area contributed by atoms with Crippen molar-refractivity contribution in [2.24, 2.45) is 0 Å². The van der Waals surface area contributed by atoms with Crippen molar-refractivity contribution in [3.63, 3.8) is 0 Å². The van der Waals surface area contributed by atoms with Crippen LogP contribution in [0.2, 0.25) is 5.02 Å². The summed E-state index contributed by atoms with van der Waals surface area (Å²) in [5.41, 5.74) is 1.14. The fourth-order valence-corrected chi connectivity index (χ4v) is 3.91. The topological polar surface area (TPSA) is 102 Å². The number of carbonyl (C=O) groups is 2. The van der Waals surface area contributed by atoms with Gasteiger partial charge < -0.3 is 14.8 Å². The molecule has 2 aromatic rings. The molecule has 0 saturated heterocycles. The molecule has 0 unspecified atom stereocenters. The zero-order valence-corrected chi connectivity index (χ0v) is 18.4. The molecular formula is C20H23ClN2O6S. The largest absolute Gasteiger partial charge is 0.494 e. The average Bonchev–Trinajstić information content (AvgIpc) is 2.73. The lowest BCUT2D eigenvalue weighted by Crippen LogP contribution is -2.33. The molecule has 30 heavy (non-hydrogen) atoms. The molecule has 0 radical (unpaired) electrons. The van der Waals surface area contributed by atoms with Crippen LogP contribution >= 0.6 is 11.6 Å². The van der Waals surface area contributed by atoms with Gasteiger partial charge in [0.2, 0.25) is 0 Å². The van der Waals surface area contributed by atoms with E-state index in [1.807, 2.05) is 0 Å². The van der Waals surface area contributed by atoms with Crippen LogP contribution in [0.15, 0.2) is 47.4 Å². The fourth-order valence-electron chi connectivity index (χ4n) is 2.61. The molecule has 0 aliphatic rings. The molecule has 1 N–H and O–H groups in total. The van der Waals surface area contributed by atoms with E-state index < -0.39 is 16.1 Å². The molecule has 0 aliphatic heterocycles. The molecule has 0 fully saturated rings. The smallest absolute Gasteiger partial charge is 0.423 e. The molecule has 10 heteroatoms. The van der Waals surface area contributed by atoms with Crippen molar-refractivity contribution < 1.29 is 27.5 Å². The molecule has 0 atom stereocenters. The highest BCUT2D eigenvalue weighted by Crippen LogP contribution is 2.28. The van der Waals surface area contributed by atoms with Gasteiger partial charge in [0.15, 0.2) is 0 Å². The number of ether oxygens (including phenoxy) is 2. The van der Waals surface area contributed by atoms with E-state index in [1.54, 1.807) is 37.3 Å². The molecule has 0 spiro atoms. The zero-order valence-electron chi connectivity index (χ0n) is 16.8. The Kier molecular flexibility index (Phi) is 8.08. The summed E-state index contributed by atoms with van der Waals surface area (Å²) in [5, 5.41) is 3.12. The van der Waals surface area contributed by atoms with Gasteiger partial charge in [0.25, 0.3) is 15.9 Å². The number of rotatable bonds is 8. The first-order chi connectivity index (χ1) is 14.2. The standard InChI is InChI=1S/C20H23ClN2O6S/c1-4-29-20(25)23(2)30(26,27)15-10-8-14(9-11-15)12-13-22-19(24)16-6-5-7-17(21)18(16)28-3/h5-11H,4,12-13H2,1-3H3,(H,22,24). The summed E-state index contributed by atoms with van der Waals surface area (Å²) in [6.45, 7) is 1.99. The summed E-state index contributed by atoms with van der Waals surface area (Å²) in [5.74, 6) is -0.0263. The molecule has 162 valence electrons. The Hall–Kier alpha value is -2.78. The van der Waals surface area contributed by atoms with Gasteiger partial charge in [-0.25, -0.2) is 17.5 Å². The maximum absolute atomic E-state index is 12.5. The highest BCUT2D eigenvalue weighted by molar-refractivity contribution is 7.89. The van der Waals surface area contributed by atoms with Crippen LogP contribution in [0.25, 0.3) is 0 Å². The van der Waals surface area contributed by atoms with Gasteiger partial charge in [-0.3, -0.25) is 4.79 Å². The number of benzene rings is 2. The Morgan fingerprint density at radius 3 is 2.40 bits per heavy atom. The molecule has 0 bridgehead atoms. The molecular weight excluding hydrogens is 432 g/mol. The molecule has 8 nitrogen and oxygen atoms in total. The number of methoxy groups -OCH3 is 1. The summed E-state index contributed by atoms with van der Waals surface area (Å²) in [6, 6.07) is 11.0. The third-order valence-electron chi connectivity index (χ3n) is 4.22. The summed E-state index contributed by atoms with van der Waals surface area (Å²) in [6.07, 6.45) is -0.469. The number of nitrogens with one attached hydrogen (secondary N) is 1.